The number of morpholine rings is 1. The molecule has 1 aliphatic heterocycles. The maximum atomic E-state index is 13.2. The van der Waals surface area contributed by atoms with E-state index in [0.29, 0.717) is 36.2 Å². The number of anilines is 1. The van der Waals surface area contributed by atoms with Gasteiger partial charge in [0, 0.05) is 12.6 Å². The van der Waals surface area contributed by atoms with Gasteiger partial charge in [-0.1, -0.05) is 0 Å². The van der Waals surface area contributed by atoms with Crippen LogP contribution in [0.15, 0.2) is 35.2 Å². The average molecular weight is 398 g/mol. The average Bonchev–Trinajstić information content (AvgIpc) is 2.61. The van der Waals surface area contributed by atoms with Crippen molar-refractivity contribution in [1.29, 1.82) is 0 Å². The van der Waals surface area contributed by atoms with Crippen LogP contribution in [0.25, 0.3) is 0 Å². The zero-order valence-corrected chi connectivity index (χ0v) is 16.5. The smallest absolute Gasteiger partial charge is 0.224 e. The molecule has 0 radical (unpaired) electrons. The zero-order valence-electron chi connectivity index (χ0n) is 14.9. The predicted molar refractivity (Wildman–Crippen MR) is 101 cm³/mol. The molecule has 8 heteroatoms. The Bertz CT molecular complexity index is 776. The molecule has 0 spiro atoms. The van der Waals surface area contributed by atoms with Crippen LogP contribution in [0.4, 0.5) is 10.2 Å². The molecule has 140 valence electrons. The Kier molecular flexibility index (Phi) is 5.72. The highest BCUT2D eigenvalue weighted by Crippen LogP contribution is 2.36. The van der Waals surface area contributed by atoms with Crippen molar-refractivity contribution in [3.8, 4) is 0 Å². The van der Waals surface area contributed by atoms with Crippen LogP contribution in [-0.4, -0.2) is 40.3 Å². The first-order valence-corrected chi connectivity index (χ1v) is 9.88. The van der Waals surface area contributed by atoms with E-state index in [9.17, 15) is 8.94 Å². The highest BCUT2D eigenvalue weighted by Gasteiger charge is 2.38. The molecule has 3 rings (SSSR count). The summed E-state index contributed by atoms with van der Waals surface area (Å²) >= 11 is 4.72. The largest absolute Gasteiger partial charge is 0.611 e. The first-order chi connectivity index (χ1) is 12.3. The third kappa shape index (κ3) is 3.96. The number of hydrogen-bond acceptors (Lipinski definition) is 5. The molecular formula is C18H21ClFN3O2S. The maximum absolute atomic E-state index is 13.2. The fraction of sp³-hybridized carbons (Fsp3) is 0.444. The highest BCUT2D eigenvalue weighted by atomic mass is 35.5. The molecule has 1 saturated heterocycles. The van der Waals surface area contributed by atoms with E-state index in [1.807, 2.05) is 19.9 Å². The van der Waals surface area contributed by atoms with E-state index >= 15 is 0 Å². The van der Waals surface area contributed by atoms with Gasteiger partial charge in [0.25, 0.3) is 0 Å². The van der Waals surface area contributed by atoms with E-state index in [1.165, 1.54) is 24.3 Å². The van der Waals surface area contributed by atoms with Gasteiger partial charge in [-0.2, -0.15) is 0 Å². The number of aromatic nitrogens is 2. The van der Waals surface area contributed by atoms with Gasteiger partial charge < -0.3 is 14.2 Å². The quantitative estimate of drug-likeness (QED) is 0.583. The van der Waals surface area contributed by atoms with E-state index in [2.05, 4.69) is 21.8 Å². The van der Waals surface area contributed by atoms with Crippen molar-refractivity contribution in [2.45, 2.75) is 36.5 Å². The second-order valence-corrected chi connectivity index (χ2v) is 9.10. The topological polar surface area (TPSA) is 61.3 Å². The van der Waals surface area contributed by atoms with E-state index < -0.39 is 15.9 Å². The summed E-state index contributed by atoms with van der Waals surface area (Å²) in [5, 5.41) is 0.111. The molecular weight excluding hydrogens is 377 g/mol. The predicted octanol–water partition coefficient (Wildman–Crippen LogP) is 3.54. The number of nitrogens with zero attached hydrogens (tertiary/aromatic N) is 3. The zero-order chi connectivity index (χ0) is 18.9. The molecule has 0 bridgehead atoms. The van der Waals surface area contributed by atoms with E-state index in [4.69, 9.17) is 16.3 Å². The maximum Gasteiger partial charge on any atom is 0.224 e. The second-order valence-electron chi connectivity index (χ2n) is 6.73. The van der Waals surface area contributed by atoms with Crippen LogP contribution in [0, 0.1) is 5.82 Å². The molecule has 0 N–H and O–H groups in total. The standard InChI is InChI=1S/C18H21ClFN3O2S/c1-12-11-25-9-8-23(12)16-10-15(21-17(19)22-16)18(2,3)26(24)14-6-4-13(20)5-7-14/h4-7,10,12H,8-9,11H2,1-3H3/t12-,26?/m0/s1. The molecule has 1 unspecified atom stereocenters. The molecule has 26 heavy (non-hydrogen) atoms. The lowest BCUT2D eigenvalue weighted by Gasteiger charge is -2.35. The second kappa shape index (κ2) is 7.68. The van der Waals surface area contributed by atoms with Gasteiger partial charge in [-0.25, -0.2) is 14.4 Å². The summed E-state index contributed by atoms with van der Waals surface area (Å²) in [6.07, 6.45) is 0. The van der Waals surface area contributed by atoms with Gasteiger partial charge in [0.05, 0.1) is 19.3 Å². The van der Waals surface area contributed by atoms with Crippen molar-refractivity contribution in [2.24, 2.45) is 0 Å². The summed E-state index contributed by atoms with van der Waals surface area (Å²) in [5.41, 5.74) is 0.578. The van der Waals surface area contributed by atoms with Crippen LogP contribution < -0.4 is 4.90 Å². The molecule has 0 aliphatic carbocycles. The van der Waals surface area contributed by atoms with Crippen LogP contribution in [0.5, 0.6) is 0 Å². The number of ether oxygens (including phenoxy) is 1. The Morgan fingerprint density at radius 2 is 2.00 bits per heavy atom. The van der Waals surface area contributed by atoms with Crippen molar-refractivity contribution < 1.29 is 13.7 Å². The minimum absolute atomic E-state index is 0.111. The Morgan fingerprint density at radius 3 is 2.65 bits per heavy atom. The molecule has 5 nitrogen and oxygen atoms in total. The van der Waals surface area contributed by atoms with Crippen LogP contribution >= 0.6 is 11.6 Å². The van der Waals surface area contributed by atoms with Gasteiger partial charge in [-0.15, -0.1) is 0 Å². The summed E-state index contributed by atoms with van der Waals surface area (Å²) in [6, 6.07) is 7.65. The minimum atomic E-state index is -1.44. The van der Waals surface area contributed by atoms with Crippen molar-refractivity contribution in [3.63, 3.8) is 0 Å². The molecule has 1 fully saturated rings. The van der Waals surface area contributed by atoms with Crippen molar-refractivity contribution in [1.82, 2.24) is 9.97 Å². The number of halogens is 2. The Hall–Kier alpha value is -1.41. The van der Waals surface area contributed by atoms with E-state index in [-0.39, 0.29) is 17.1 Å². The number of hydrogen-bond donors (Lipinski definition) is 0. The summed E-state index contributed by atoms with van der Waals surface area (Å²) in [5.74, 6) is 0.331. The van der Waals surface area contributed by atoms with Crippen molar-refractivity contribution in [2.75, 3.05) is 24.7 Å². The SMILES string of the molecule is C[C@H]1COCCN1c1cc(C(C)(C)[S+]([O-])c2ccc(F)cc2)nc(Cl)n1. The molecule has 1 aromatic carbocycles. The van der Waals surface area contributed by atoms with Gasteiger partial charge in [0.1, 0.15) is 17.3 Å². The van der Waals surface area contributed by atoms with Crippen molar-refractivity contribution >= 4 is 28.6 Å². The molecule has 2 atom stereocenters. The molecule has 1 aliphatic rings. The minimum Gasteiger partial charge on any atom is -0.611 e. The Balaban J connectivity index is 1.95. The van der Waals surface area contributed by atoms with Crippen LogP contribution in [-0.2, 0) is 20.7 Å². The third-order valence-corrected chi connectivity index (χ3v) is 6.46. The van der Waals surface area contributed by atoms with E-state index in [0.717, 1.165) is 0 Å². The van der Waals surface area contributed by atoms with Crippen molar-refractivity contribution in [3.05, 3.63) is 47.1 Å². The lowest BCUT2D eigenvalue weighted by molar-refractivity contribution is 0.0985. The first kappa shape index (κ1) is 19.4. The highest BCUT2D eigenvalue weighted by molar-refractivity contribution is 7.92. The fourth-order valence-electron chi connectivity index (χ4n) is 2.88. The molecule has 2 aromatic rings. The van der Waals surface area contributed by atoms with Crippen LogP contribution in [0.2, 0.25) is 5.28 Å². The summed E-state index contributed by atoms with van der Waals surface area (Å²) in [6.45, 7) is 7.65. The van der Waals surface area contributed by atoms with Gasteiger partial charge in [0.2, 0.25) is 5.28 Å². The molecule has 0 amide bonds. The molecule has 2 heterocycles. The third-order valence-electron chi connectivity index (χ3n) is 4.46. The van der Waals surface area contributed by atoms with E-state index in [1.54, 1.807) is 0 Å². The van der Waals surface area contributed by atoms with Gasteiger partial charge in [-0.05, 0) is 67.8 Å². The van der Waals surface area contributed by atoms with Crippen LogP contribution in [0.1, 0.15) is 26.5 Å². The van der Waals surface area contributed by atoms with Gasteiger partial charge >= 0.3 is 0 Å². The Labute approximate surface area is 160 Å². The summed E-state index contributed by atoms with van der Waals surface area (Å²) in [7, 11) is 0. The monoisotopic (exact) mass is 397 g/mol. The lowest BCUT2D eigenvalue weighted by atomic mass is 10.1. The number of rotatable bonds is 4. The summed E-state index contributed by atoms with van der Waals surface area (Å²) in [4.78, 5) is 11.3. The fourth-order valence-corrected chi connectivity index (χ4v) is 4.32. The summed E-state index contributed by atoms with van der Waals surface area (Å²) < 4.78 is 30.9. The Morgan fingerprint density at radius 1 is 1.31 bits per heavy atom. The number of benzene rings is 1. The molecule has 0 saturated carbocycles. The normalized spacial score (nSPS) is 19.5. The first-order valence-electron chi connectivity index (χ1n) is 8.36. The molecule has 1 aromatic heterocycles. The van der Waals surface area contributed by atoms with Gasteiger partial charge in [0.15, 0.2) is 9.64 Å². The lowest BCUT2D eigenvalue weighted by Crippen LogP contribution is -2.44. The van der Waals surface area contributed by atoms with Gasteiger partial charge in [-0.3, -0.25) is 0 Å². The van der Waals surface area contributed by atoms with Crippen LogP contribution in [0.3, 0.4) is 0 Å².